The van der Waals surface area contributed by atoms with Gasteiger partial charge in [0.15, 0.2) is 5.96 Å². The molecule has 0 aliphatic heterocycles. The fourth-order valence-electron chi connectivity index (χ4n) is 1.79. The van der Waals surface area contributed by atoms with Gasteiger partial charge in [-0.1, -0.05) is 18.2 Å². The molecule has 0 aliphatic carbocycles. The highest BCUT2D eigenvalue weighted by Gasteiger charge is 2.03. The number of anilines is 2. The predicted octanol–water partition coefficient (Wildman–Crippen LogP) is 2.43. The van der Waals surface area contributed by atoms with Crippen molar-refractivity contribution >= 4 is 23.0 Å². The van der Waals surface area contributed by atoms with Crippen molar-refractivity contribution in [2.75, 3.05) is 23.7 Å². The number of benzene rings is 2. The maximum atomic E-state index is 10.5. The molecule has 0 bridgehead atoms. The van der Waals surface area contributed by atoms with Gasteiger partial charge in [-0.25, -0.2) is 0 Å². The monoisotopic (exact) mass is 299 g/mol. The van der Waals surface area contributed by atoms with E-state index in [1.54, 1.807) is 12.1 Å². The molecule has 0 aliphatic rings. The number of nitrogens with two attached hydrogens (primary N) is 1. The Morgan fingerprint density at radius 1 is 1.09 bits per heavy atom. The number of nitro benzene ring substituents is 1. The number of nitrogens with one attached hydrogen (secondary N) is 2. The number of nitro groups is 1. The molecule has 22 heavy (non-hydrogen) atoms. The smallest absolute Gasteiger partial charge is 0.269 e. The van der Waals surface area contributed by atoms with Crippen LogP contribution in [0.15, 0.2) is 59.6 Å². The summed E-state index contributed by atoms with van der Waals surface area (Å²) in [5.41, 5.74) is 7.53. The maximum Gasteiger partial charge on any atom is 0.269 e. The molecule has 4 N–H and O–H groups in total. The zero-order valence-corrected chi connectivity index (χ0v) is 11.9. The van der Waals surface area contributed by atoms with Gasteiger partial charge >= 0.3 is 0 Å². The van der Waals surface area contributed by atoms with Crippen LogP contribution in [0.3, 0.4) is 0 Å². The molecule has 0 unspecified atom stereocenters. The molecule has 0 radical (unpaired) electrons. The lowest BCUT2D eigenvalue weighted by Crippen LogP contribution is -2.23. The standard InChI is InChI=1S/C15H17N5O2/c16-15(19-13-4-2-1-3-5-13)18-11-10-17-12-6-8-14(9-7-12)20(21)22/h1-9,17H,10-11H2,(H3,16,18,19). The van der Waals surface area contributed by atoms with Crippen LogP contribution in [0.25, 0.3) is 0 Å². The third kappa shape index (κ3) is 4.78. The number of nitrogens with zero attached hydrogens (tertiary/aromatic N) is 2. The van der Waals surface area contributed by atoms with Gasteiger partial charge in [0.05, 0.1) is 11.5 Å². The number of para-hydroxylation sites is 1. The van der Waals surface area contributed by atoms with Gasteiger partial charge in [-0.3, -0.25) is 15.1 Å². The van der Waals surface area contributed by atoms with Gasteiger partial charge in [0.25, 0.3) is 5.69 Å². The molecular weight excluding hydrogens is 282 g/mol. The van der Waals surface area contributed by atoms with Crippen LogP contribution in [0.1, 0.15) is 0 Å². The molecule has 2 rings (SSSR count). The molecule has 7 heteroatoms. The highest BCUT2D eigenvalue weighted by atomic mass is 16.6. The van der Waals surface area contributed by atoms with Gasteiger partial charge in [-0.05, 0) is 24.3 Å². The van der Waals surface area contributed by atoms with E-state index in [0.29, 0.717) is 19.0 Å². The molecule has 2 aromatic rings. The Labute approximate surface area is 128 Å². The average molecular weight is 299 g/mol. The van der Waals surface area contributed by atoms with Gasteiger partial charge in [-0.2, -0.15) is 0 Å². The van der Waals surface area contributed by atoms with E-state index in [1.165, 1.54) is 12.1 Å². The normalized spacial score (nSPS) is 11.0. The largest absolute Gasteiger partial charge is 0.383 e. The van der Waals surface area contributed by atoms with Crippen molar-refractivity contribution < 1.29 is 4.92 Å². The van der Waals surface area contributed by atoms with E-state index in [1.807, 2.05) is 30.3 Å². The summed E-state index contributed by atoms with van der Waals surface area (Å²) in [6, 6.07) is 15.8. The second kappa shape index (κ2) is 7.63. The van der Waals surface area contributed by atoms with E-state index < -0.39 is 4.92 Å². The first-order valence-electron chi connectivity index (χ1n) is 6.75. The quantitative estimate of drug-likeness (QED) is 0.250. The number of aliphatic imine (C=N–C) groups is 1. The van der Waals surface area contributed by atoms with Gasteiger partial charge in [0.2, 0.25) is 0 Å². The SMILES string of the molecule is NC(=NCCNc1ccc([N+](=O)[O-])cc1)Nc1ccccc1. The van der Waals surface area contributed by atoms with Gasteiger partial charge in [-0.15, -0.1) is 0 Å². The minimum atomic E-state index is -0.427. The Morgan fingerprint density at radius 3 is 2.41 bits per heavy atom. The molecule has 2 aromatic carbocycles. The van der Waals surface area contributed by atoms with Gasteiger partial charge < -0.3 is 16.4 Å². The third-order valence-corrected chi connectivity index (χ3v) is 2.85. The van der Waals surface area contributed by atoms with E-state index >= 15 is 0 Å². The lowest BCUT2D eigenvalue weighted by molar-refractivity contribution is -0.384. The molecule has 0 aromatic heterocycles. The highest BCUT2D eigenvalue weighted by Crippen LogP contribution is 2.14. The Morgan fingerprint density at radius 2 is 1.77 bits per heavy atom. The van der Waals surface area contributed by atoms with Crippen LogP contribution < -0.4 is 16.4 Å². The van der Waals surface area contributed by atoms with Crippen molar-refractivity contribution in [2.24, 2.45) is 10.7 Å². The fraction of sp³-hybridized carbons (Fsp3) is 0.133. The lowest BCUT2D eigenvalue weighted by Gasteiger charge is -2.06. The van der Waals surface area contributed by atoms with Gasteiger partial charge in [0.1, 0.15) is 0 Å². The minimum Gasteiger partial charge on any atom is -0.383 e. The first kappa shape index (κ1) is 15.3. The van der Waals surface area contributed by atoms with Crippen LogP contribution in [0.5, 0.6) is 0 Å². The van der Waals surface area contributed by atoms with E-state index in [2.05, 4.69) is 15.6 Å². The Bertz CT molecular complexity index is 641. The van der Waals surface area contributed by atoms with E-state index in [-0.39, 0.29) is 5.69 Å². The fourth-order valence-corrected chi connectivity index (χ4v) is 1.79. The van der Waals surface area contributed by atoms with Crippen LogP contribution in [-0.4, -0.2) is 24.0 Å². The summed E-state index contributed by atoms with van der Waals surface area (Å²) >= 11 is 0. The molecule has 0 spiro atoms. The second-order valence-corrected chi connectivity index (χ2v) is 4.49. The van der Waals surface area contributed by atoms with Crippen molar-refractivity contribution in [1.82, 2.24) is 0 Å². The number of guanidine groups is 1. The summed E-state index contributed by atoms with van der Waals surface area (Å²) in [7, 11) is 0. The molecule has 0 saturated heterocycles. The highest BCUT2D eigenvalue weighted by molar-refractivity contribution is 5.92. The summed E-state index contributed by atoms with van der Waals surface area (Å²) in [6.45, 7) is 1.07. The number of rotatable bonds is 6. The second-order valence-electron chi connectivity index (χ2n) is 4.49. The molecule has 114 valence electrons. The van der Waals surface area contributed by atoms with Crippen molar-refractivity contribution in [3.05, 3.63) is 64.7 Å². The molecule has 0 saturated carbocycles. The van der Waals surface area contributed by atoms with E-state index in [4.69, 9.17) is 5.73 Å². The van der Waals surface area contributed by atoms with Crippen LogP contribution >= 0.6 is 0 Å². The molecule has 0 heterocycles. The molecule has 0 atom stereocenters. The van der Waals surface area contributed by atoms with Crippen molar-refractivity contribution in [3.63, 3.8) is 0 Å². The lowest BCUT2D eigenvalue weighted by atomic mass is 10.3. The van der Waals surface area contributed by atoms with Crippen molar-refractivity contribution in [1.29, 1.82) is 0 Å². The van der Waals surface area contributed by atoms with Crippen LogP contribution in [0, 0.1) is 10.1 Å². The summed E-state index contributed by atoms with van der Waals surface area (Å²) in [5.74, 6) is 0.344. The van der Waals surface area contributed by atoms with E-state index in [9.17, 15) is 10.1 Å². The molecule has 7 nitrogen and oxygen atoms in total. The minimum absolute atomic E-state index is 0.0693. The zero-order chi connectivity index (χ0) is 15.8. The van der Waals surface area contributed by atoms with E-state index in [0.717, 1.165) is 11.4 Å². The molecular formula is C15H17N5O2. The maximum absolute atomic E-state index is 10.5. The predicted molar refractivity (Wildman–Crippen MR) is 88.1 cm³/mol. The Balaban J connectivity index is 1.76. The summed E-state index contributed by atoms with van der Waals surface area (Å²) in [6.07, 6.45) is 0. The summed E-state index contributed by atoms with van der Waals surface area (Å²) in [5, 5.41) is 16.6. The first-order chi connectivity index (χ1) is 10.6. The number of hydrogen-bond acceptors (Lipinski definition) is 4. The van der Waals surface area contributed by atoms with Crippen molar-refractivity contribution in [3.8, 4) is 0 Å². The molecule has 0 fully saturated rings. The third-order valence-electron chi connectivity index (χ3n) is 2.85. The Hall–Kier alpha value is -3.09. The van der Waals surface area contributed by atoms with Crippen LogP contribution in [-0.2, 0) is 0 Å². The molecule has 0 amide bonds. The van der Waals surface area contributed by atoms with Crippen LogP contribution in [0.2, 0.25) is 0 Å². The van der Waals surface area contributed by atoms with Gasteiger partial charge in [0, 0.05) is 30.1 Å². The number of non-ortho nitro benzene ring substituents is 1. The number of hydrogen-bond donors (Lipinski definition) is 3. The summed E-state index contributed by atoms with van der Waals surface area (Å²) in [4.78, 5) is 14.3. The van der Waals surface area contributed by atoms with Crippen LogP contribution in [0.4, 0.5) is 17.1 Å². The average Bonchev–Trinajstić information content (AvgIpc) is 2.53. The topological polar surface area (TPSA) is 106 Å². The van der Waals surface area contributed by atoms with Crippen molar-refractivity contribution in [2.45, 2.75) is 0 Å². The Kier molecular flexibility index (Phi) is 5.31. The first-order valence-corrected chi connectivity index (χ1v) is 6.75. The zero-order valence-electron chi connectivity index (χ0n) is 11.9. The summed E-state index contributed by atoms with van der Waals surface area (Å²) < 4.78 is 0.